The number of aryl methyl sites for hydroxylation is 2. The number of benzene rings is 3. The molecule has 0 N–H and O–H groups in total. The predicted molar refractivity (Wildman–Crippen MR) is 128 cm³/mol. The lowest BCUT2D eigenvalue weighted by molar-refractivity contribution is 1.02. The van der Waals surface area contributed by atoms with Crippen molar-refractivity contribution in [2.75, 3.05) is 0 Å². The third-order valence-electron chi connectivity index (χ3n) is 4.92. The second-order valence-corrected chi connectivity index (χ2v) is 9.32. The number of nitrogens with zero attached hydrogens (tertiary/aromatic N) is 1. The van der Waals surface area contributed by atoms with Gasteiger partial charge in [-0.05, 0) is 76.8 Å². The van der Waals surface area contributed by atoms with E-state index in [0.717, 1.165) is 37.9 Å². The first-order valence-electron chi connectivity index (χ1n) is 9.23. The fourth-order valence-electron chi connectivity index (χ4n) is 3.43. The maximum absolute atomic E-state index is 12.9. The minimum atomic E-state index is -0.0545. The summed E-state index contributed by atoms with van der Waals surface area (Å²) in [5, 5.41) is 1.65. The summed E-state index contributed by atoms with van der Waals surface area (Å²) in [6.45, 7) is 3.97. The van der Waals surface area contributed by atoms with Crippen molar-refractivity contribution >= 4 is 50.2 Å². The van der Waals surface area contributed by atoms with E-state index < -0.39 is 0 Å². The molecule has 0 saturated carbocycles. The summed E-state index contributed by atoms with van der Waals surface area (Å²) in [5.74, 6) is 0.909. The van der Waals surface area contributed by atoms with Crippen LogP contribution in [-0.2, 0) is 5.75 Å². The Bertz CT molecular complexity index is 1270. The molecule has 1 heterocycles. The zero-order chi connectivity index (χ0) is 20.5. The molecule has 3 aromatic carbocycles. The number of thioether (sulfide) groups is 1. The summed E-state index contributed by atoms with van der Waals surface area (Å²) in [6.07, 6.45) is 0. The van der Waals surface area contributed by atoms with Crippen LogP contribution in [0, 0.1) is 13.8 Å². The molecule has 0 aliphatic heterocycles. The van der Waals surface area contributed by atoms with Crippen LogP contribution >= 0.6 is 39.3 Å². The molecule has 0 spiro atoms. The lowest BCUT2D eigenvalue weighted by atomic mass is 10.1. The largest absolute Gasteiger partial charge is 0.277 e. The highest BCUT2D eigenvalue weighted by atomic mass is 79.9. The molecule has 0 atom stereocenters. The molecule has 5 heteroatoms. The van der Waals surface area contributed by atoms with Gasteiger partial charge in [-0.3, -0.25) is 9.36 Å². The van der Waals surface area contributed by atoms with E-state index >= 15 is 0 Å². The first-order valence-corrected chi connectivity index (χ1v) is 11.4. The normalized spacial score (nSPS) is 11.2. The van der Waals surface area contributed by atoms with Crippen molar-refractivity contribution in [2.24, 2.45) is 0 Å². The molecule has 0 aliphatic rings. The van der Waals surface area contributed by atoms with Crippen LogP contribution < -0.4 is 5.56 Å². The lowest BCUT2D eigenvalue weighted by Gasteiger charge is -2.16. The van der Waals surface area contributed by atoms with E-state index in [2.05, 4.69) is 52.3 Å². The van der Waals surface area contributed by atoms with Gasteiger partial charge in [0.05, 0.1) is 16.2 Å². The molecule has 0 fully saturated rings. The maximum atomic E-state index is 12.9. The Kier molecular flexibility index (Phi) is 5.86. The molecule has 4 rings (SSSR count). The van der Waals surface area contributed by atoms with Crippen molar-refractivity contribution in [1.82, 2.24) is 4.57 Å². The summed E-state index contributed by atoms with van der Waals surface area (Å²) in [5.41, 5.74) is 4.89. The van der Waals surface area contributed by atoms with E-state index in [1.807, 2.05) is 38.1 Å². The quantitative estimate of drug-likeness (QED) is 0.283. The Morgan fingerprint density at radius 3 is 2.48 bits per heavy atom. The average molecular weight is 485 g/mol. The predicted octanol–water partition coefficient (Wildman–Crippen LogP) is 7.32. The molecule has 0 unspecified atom stereocenters. The fourth-order valence-corrected chi connectivity index (χ4v) is 4.94. The molecular formula is C24H19BrClNOS. The van der Waals surface area contributed by atoms with Gasteiger partial charge in [0, 0.05) is 26.6 Å². The van der Waals surface area contributed by atoms with Crippen LogP contribution in [0.2, 0.25) is 5.02 Å². The van der Waals surface area contributed by atoms with Gasteiger partial charge < -0.3 is 0 Å². The lowest BCUT2D eigenvalue weighted by Crippen LogP contribution is -2.19. The number of hydrogen-bond donors (Lipinski definition) is 0. The standard InChI is InChI=1S/C24H19BrClNOS/c1-15-11-24(28)27(23-13-21(26)20(25)10-16(23)2)22-9-8-18(12-19(15)22)29-14-17-6-4-3-5-7-17/h3-13H,14H2,1-2H3. The Morgan fingerprint density at radius 2 is 1.72 bits per heavy atom. The highest BCUT2D eigenvalue weighted by Gasteiger charge is 2.13. The molecule has 0 saturated heterocycles. The van der Waals surface area contributed by atoms with Crippen LogP contribution in [0.4, 0.5) is 0 Å². The second-order valence-electron chi connectivity index (χ2n) is 7.01. The highest BCUT2D eigenvalue weighted by molar-refractivity contribution is 9.10. The highest BCUT2D eigenvalue weighted by Crippen LogP contribution is 2.31. The first kappa shape index (κ1) is 20.3. The van der Waals surface area contributed by atoms with Gasteiger partial charge in [0.25, 0.3) is 5.56 Å². The van der Waals surface area contributed by atoms with Crippen LogP contribution in [0.25, 0.3) is 16.6 Å². The van der Waals surface area contributed by atoms with E-state index in [-0.39, 0.29) is 5.56 Å². The van der Waals surface area contributed by atoms with E-state index in [4.69, 9.17) is 11.6 Å². The van der Waals surface area contributed by atoms with Crippen molar-refractivity contribution in [3.8, 4) is 5.69 Å². The van der Waals surface area contributed by atoms with Crippen LogP contribution in [-0.4, -0.2) is 4.57 Å². The van der Waals surface area contributed by atoms with Crippen LogP contribution in [0.15, 0.2) is 80.9 Å². The third-order valence-corrected chi connectivity index (χ3v) is 7.18. The third kappa shape index (κ3) is 4.16. The molecule has 0 bridgehead atoms. The zero-order valence-corrected chi connectivity index (χ0v) is 19.2. The molecular weight excluding hydrogens is 466 g/mol. The molecule has 0 radical (unpaired) electrons. The van der Waals surface area contributed by atoms with Crippen molar-refractivity contribution in [1.29, 1.82) is 0 Å². The van der Waals surface area contributed by atoms with Crippen molar-refractivity contribution in [3.05, 3.63) is 103 Å². The number of pyridine rings is 1. The second kappa shape index (κ2) is 8.39. The minimum Gasteiger partial charge on any atom is -0.277 e. The van der Waals surface area contributed by atoms with Gasteiger partial charge in [-0.25, -0.2) is 0 Å². The summed E-state index contributed by atoms with van der Waals surface area (Å²) in [6, 6.07) is 22.2. The summed E-state index contributed by atoms with van der Waals surface area (Å²) >= 11 is 11.6. The van der Waals surface area contributed by atoms with Gasteiger partial charge in [-0.2, -0.15) is 0 Å². The SMILES string of the molecule is Cc1cc(Br)c(Cl)cc1-n1c(=O)cc(C)c2cc(SCc3ccccc3)ccc21. The average Bonchev–Trinajstić information content (AvgIpc) is 2.71. The molecule has 29 heavy (non-hydrogen) atoms. The Hall–Kier alpha value is -2.01. The summed E-state index contributed by atoms with van der Waals surface area (Å²) in [4.78, 5) is 14.1. The van der Waals surface area contributed by atoms with Crippen molar-refractivity contribution in [3.63, 3.8) is 0 Å². The smallest absolute Gasteiger partial charge is 0.255 e. The number of aromatic nitrogens is 1. The van der Waals surface area contributed by atoms with Crippen molar-refractivity contribution in [2.45, 2.75) is 24.5 Å². The summed E-state index contributed by atoms with van der Waals surface area (Å²) < 4.78 is 2.58. The number of hydrogen-bond acceptors (Lipinski definition) is 2. The van der Waals surface area contributed by atoms with E-state index in [9.17, 15) is 4.79 Å². The molecule has 1 aromatic heterocycles. The van der Waals surface area contributed by atoms with Crippen LogP contribution in [0.3, 0.4) is 0 Å². The van der Waals surface area contributed by atoms with Gasteiger partial charge in [0.1, 0.15) is 0 Å². The van der Waals surface area contributed by atoms with Gasteiger partial charge in [-0.15, -0.1) is 11.8 Å². The van der Waals surface area contributed by atoms with Gasteiger partial charge in [0.2, 0.25) is 0 Å². The van der Waals surface area contributed by atoms with E-state index in [0.29, 0.717) is 5.02 Å². The first-order chi connectivity index (χ1) is 13.9. The van der Waals surface area contributed by atoms with E-state index in [1.54, 1.807) is 22.4 Å². The topological polar surface area (TPSA) is 22.0 Å². The number of fused-ring (bicyclic) bond motifs is 1. The van der Waals surface area contributed by atoms with Crippen molar-refractivity contribution < 1.29 is 0 Å². The van der Waals surface area contributed by atoms with Crippen LogP contribution in [0.5, 0.6) is 0 Å². The molecule has 0 aliphatic carbocycles. The fraction of sp³-hybridized carbons (Fsp3) is 0.125. The Balaban J connectivity index is 1.81. The molecule has 146 valence electrons. The monoisotopic (exact) mass is 483 g/mol. The van der Waals surface area contributed by atoms with E-state index in [1.165, 1.54) is 10.5 Å². The van der Waals surface area contributed by atoms with Crippen LogP contribution in [0.1, 0.15) is 16.7 Å². The minimum absolute atomic E-state index is 0.0545. The number of halogens is 2. The Labute approximate surface area is 187 Å². The maximum Gasteiger partial charge on any atom is 0.255 e. The molecule has 0 amide bonds. The number of rotatable bonds is 4. The van der Waals surface area contributed by atoms with Gasteiger partial charge in [0.15, 0.2) is 0 Å². The van der Waals surface area contributed by atoms with Gasteiger partial charge in [-0.1, -0.05) is 41.9 Å². The molecule has 4 aromatic rings. The Morgan fingerprint density at radius 1 is 0.966 bits per heavy atom. The molecule has 2 nitrogen and oxygen atoms in total. The zero-order valence-electron chi connectivity index (χ0n) is 16.1. The van der Waals surface area contributed by atoms with Gasteiger partial charge >= 0.3 is 0 Å². The summed E-state index contributed by atoms with van der Waals surface area (Å²) in [7, 11) is 0.